The van der Waals surface area contributed by atoms with Gasteiger partial charge in [-0.3, -0.25) is 9.59 Å². The standard InChI is InChI=1S/C24H14N2O5/c25-11-13-5-7-15(8-6-13)26-12-14-3-1-2-4-18(14)31-24-21(26)22(29)19-16(27)9-10-17(28)20(19)23(24)30/h1-10,27-28H,12H2. The van der Waals surface area contributed by atoms with Gasteiger partial charge in [-0.25, -0.2) is 0 Å². The minimum absolute atomic E-state index is 0.0423. The average Bonchev–Trinajstić information content (AvgIpc) is 2.96. The summed E-state index contributed by atoms with van der Waals surface area (Å²) in [5.74, 6) is -1.98. The molecule has 0 radical (unpaired) electrons. The number of fused-ring (bicyclic) bond motifs is 2. The highest BCUT2D eigenvalue weighted by Crippen LogP contribution is 2.42. The number of rotatable bonds is 1. The summed E-state index contributed by atoms with van der Waals surface area (Å²) in [4.78, 5) is 28.5. The number of benzene rings is 3. The number of carbonyl (C=O) groups excluding carboxylic acids is 2. The Morgan fingerprint density at radius 1 is 0.871 bits per heavy atom. The summed E-state index contributed by atoms with van der Waals surface area (Å²) in [6.07, 6.45) is 0. The first kappa shape index (κ1) is 18.5. The highest BCUT2D eigenvalue weighted by atomic mass is 16.5. The van der Waals surface area contributed by atoms with Crippen LogP contribution in [0.3, 0.4) is 0 Å². The topological polar surface area (TPSA) is 111 Å². The van der Waals surface area contributed by atoms with Crippen LogP contribution in [0.25, 0.3) is 0 Å². The third-order valence-corrected chi connectivity index (χ3v) is 5.34. The van der Waals surface area contributed by atoms with Gasteiger partial charge in [0.25, 0.3) is 0 Å². The number of para-hydroxylation sites is 1. The number of ether oxygens (including phenoxy) is 1. The number of phenolic OH excluding ortho intramolecular Hbond substituents is 2. The van der Waals surface area contributed by atoms with Gasteiger partial charge in [-0.2, -0.15) is 5.26 Å². The van der Waals surface area contributed by atoms with Crippen molar-refractivity contribution in [2.75, 3.05) is 4.90 Å². The second-order valence-corrected chi connectivity index (χ2v) is 7.14. The van der Waals surface area contributed by atoms with Crippen LogP contribution in [-0.4, -0.2) is 21.8 Å². The zero-order valence-corrected chi connectivity index (χ0v) is 16.0. The van der Waals surface area contributed by atoms with Gasteiger partial charge in [0.15, 0.2) is 0 Å². The maximum absolute atomic E-state index is 13.5. The van der Waals surface area contributed by atoms with E-state index in [0.29, 0.717) is 17.0 Å². The van der Waals surface area contributed by atoms with E-state index in [-0.39, 0.29) is 29.1 Å². The van der Waals surface area contributed by atoms with Gasteiger partial charge < -0.3 is 19.8 Å². The van der Waals surface area contributed by atoms with E-state index >= 15 is 0 Å². The van der Waals surface area contributed by atoms with Crippen molar-refractivity contribution in [3.05, 3.63) is 94.4 Å². The summed E-state index contributed by atoms with van der Waals surface area (Å²) in [5.41, 5.74) is 1.15. The Bertz CT molecular complexity index is 1350. The highest BCUT2D eigenvalue weighted by Gasteiger charge is 2.42. The second-order valence-electron chi connectivity index (χ2n) is 7.14. The van der Waals surface area contributed by atoms with Crippen LogP contribution in [-0.2, 0) is 6.54 Å². The molecule has 0 bridgehead atoms. The lowest BCUT2D eigenvalue weighted by atomic mass is 9.89. The van der Waals surface area contributed by atoms with E-state index in [2.05, 4.69) is 0 Å². The first-order chi connectivity index (χ1) is 15.0. The lowest BCUT2D eigenvalue weighted by Gasteiger charge is -2.29. The summed E-state index contributed by atoms with van der Waals surface area (Å²) in [6, 6.07) is 18.0. The Hall–Kier alpha value is -4.57. The van der Waals surface area contributed by atoms with Gasteiger partial charge in [0, 0.05) is 11.3 Å². The van der Waals surface area contributed by atoms with Gasteiger partial charge in [0.1, 0.15) is 22.9 Å². The molecule has 5 rings (SSSR count). The fourth-order valence-electron chi connectivity index (χ4n) is 3.85. The number of ketones is 2. The van der Waals surface area contributed by atoms with Crippen LogP contribution in [0.1, 0.15) is 31.8 Å². The van der Waals surface area contributed by atoms with E-state index in [1.807, 2.05) is 18.2 Å². The number of allylic oxidation sites excluding steroid dienone is 2. The molecule has 1 aliphatic heterocycles. The fraction of sp³-hybridized carbons (Fsp3) is 0.0417. The van der Waals surface area contributed by atoms with Crippen molar-refractivity contribution in [2.45, 2.75) is 6.54 Å². The lowest BCUT2D eigenvalue weighted by molar-refractivity contribution is 0.0931. The summed E-state index contributed by atoms with van der Waals surface area (Å²) in [5, 5.41) is 29.7. The number of hydrogen-bond donors (Lipinski definition) is 2. The molecule has 1 aliphatic carbocycles. The molecule has 0 saturated heterocycles. The number of nitrogens with zero attached hydrogens (tertiary/aromatic N) is 2. The summed E-state index contributed by atoms with van der Waals surface area (Å²) in [6.45, 7) is 0.217. The second kappa shape index (κ2) is 6.75. The Morgan fingerprint density at radius 2 is 1.52 bits per heavy atom. The van der Waals surface area contributed by atoms with E-state index in [1.165, 1.54) is 6.07 Å². The number of nitriles is 1. The minimum atomic E-state index is -0.701. The van der Waals surface area contributed by atoms with Gasteiger partial charge in [-0.1, -0.05) is 18.2 Å². The van der Waals surface area contributed by atoms with Crippen molar-refractivity contribution in [1.82, 2.24) is 0 Å². The number of Topliss-reactive ketones (excluding diaryl/α,β-unsaturated/α-hetero) is 2. The first-order valence-corrected chi connectivity index (χ1v) is 9.41. The number of anilines is 1. The fourth-order valence-corrected chi connectivity index (χ4v) is 3.85. The molecule has 0 aromatic heterocycles. The van der Waals surface area contributed by atoms with Crippen LogP contribution in [0.4, 0.5) is 5.69 Å². The SMILES string of the molecule is N#Cc1ccc(N2Cc3ccccc3OC3=C2C(=O)c2c(O)ccc(O)c2C3=O)cc1. The molecule has 0 spiro atoms. The number of hydrogen-bond acceptors (Lipinski definition) is 7. The maximum Gasteiger partial charge on any atom is 0.235 e. The Morgan fingerprint density at radius 3 is 2.19 bits per heavy atom. The van der Waals surface area contributed by atoms with E-state index in [9.17, 15) is 19.8 Å². The van der Waals surface area contributed by atoms with Crippen molar-refractivity contribution in [1.29, 1.82) is 5.26 Å². The normalized spacial score (nSPS) is 14.7. The third-order valence-electron chi connectivity index (χ3n) is 5.34. The molecule has 7 heteroatoms. The van der Waals surface area contributed by atoms with E-state index < -0.39 is 23.1 Å². The van der Waals surface area contributed by atoms with Crippen LogP contribution in [0.15, 0.2) is 72.1 Å². The molecule has 7 nitrogen and oxygen atoms in total. The predicted molar refractivity (Wildman–Crippen MR) is 110 cm³/mol. The van der Waals surface area contributed by atoms with Gasteiger partial charge in [0.05, 0.1) is 29.3 Å². The van der Waals surface area contributed by atoms with E-state index in [4.69, 9.17) is 10.00 Å². The molecule has 0 saturated carbocycles. The van der Waals surface area contributed by atoms with E-state index in [0.717, 1.165) is 11.6 Å². The molecule has 0 amide bonds. The van der Waals surface area contributed by atoms with Crippen molar-refractivity contribution in [3.63, 3.8) is 0 Å². The van der Waals surface area contributed by atoms with Crippen LogP contribution < -0.4 is 9.64 Å². The number of phenols is 2. The molecular weight excluding hydrogens is 396 g/mol. The van der Waals surface area contributed by atoms with Gasteiger partial charge >= 0.3 is 0 Å². The average molecular weight is 410 g/mol. The van der Waals surface area contributed by atoms with Crippen LogP contribution in [0, 0.1) is 11.3 Å². The van der Waals surface area contributed by atoms with Crippen molar-refractivity contribution in [2.24, 2.45) is 0 Å². The van der Waals surface area contributed by atoms with E-state index in [1.54, 1.807) is 41.3 Å². The largest absolute Gasteiger partial charge is 0.507 e. The Kier molecular flexibility index (Phi) is 4.02. The van der Waals surface area contributed by atoms with Gasteiger partial charge in [-0.15, -0.1) is 0 Å². The molecule has 2 aliphatic rings. The molecule has 0 unspecified atom stereocenters. The van der Waals surface area contributed by atoms with Crippen LogP contribution in [0.2, 0.25) is 0 Å². The van der Waals surface area contributed by atoms with Crippen molar-refractivity contribution >= 4 is 17.3 Å². The zero-order valence-electron chi connectivity index (χ0n) is 16.0. The third kappa shape index (κ3) is 2.74. The lowest BCUT2D eigenvalue weighted by Crippen LogP contribution is -2.34. The zero-order chi connectivity index (χ0) is 21.7. The molecule has 3 aromatic rings. The quantitative estimate of drug-likeness (QED) is 0.589. The molecule has 3 aromatic carbocycles. The molecule has 31 heavy (non-hydrogen) atoms. The molecule has 1 heterocycles. The summed E-state index contributed by atoms with van der Waals surface area (Å²) < 4.78 is 5.91. The van der Waals surface area contributed by atoms with Crippen LogP contribution >= 0.6 is 0 Å². The van der Waals surface area contributed by atoms with Gasteiger partial charge in [0.2, 0.25) is 17.3 Å². The van der Waals surface area contributed by atoms with Crippen molar-refractivity contribution in [3.8, 4) is 23.3 Å². The molecule has 0 fully saturated rings. The molecule has 150 valence electrons. The molecule has 2 N–H and O–H groups in total. The summed E-state index contributed by atoms with van der Waals surface area (Å²) >= 11 is 0. The smallest absolute Gasteiger partial charge is 0.235 e. The number of aromatic hydroxyl groups is 2. The Labute approximate surface area is 176 Å². The maximum atomic E-state index is 13.5. The minimum Gasteiger partial charge on any atom is -0.507 e. The summed E-state index contributed by atoms with van der Waals surface area (Å²) in [7, 11) is 0. The molecular formula is C24H14N2O5. The van der Waals surface area contributed by atoms with Gasteiger partial charge in [-0.05, 0) is 42.5 Å². The predicted octanol–water partition coefficient (Wildman–Crippen LogP) is 3.66. The monoisotopic (exact) mass is 410 g/mol. The highest BCUT2D eigenvalue weighted by molar-refractivity contribution is 6.29. The van der Waals surface area contributed by atoms with Crippen LogP contribution in [0.5, 0.6) is 17.2 Å². The number of carbonyl (C=O) groups is 2. The Balaban J connectivity index is 1.77. The molecule has 0 atom stereocenters. The first-order valence-electron chi connectivity index (χ1n) is 9.41. The van der Waals surface area contributed by atoms with Crippen molar-refractivity contribution < 1.29 is 24.5 Å².